The van der Waals surface area contributed by atoms with E-state index in [-0.39, 0.29) is 16.2 Å². The van der Waals surface area contributed by atoms with E-state index in [1.807, 2.05) is 0 Å². The van der Waals surface area contributed by atoms with Crippen molar-refractivity contribution >= 4 is 15.7 Å². The van der Waals surface area contributed by atoms with Gasteiger partial charge < -0.3 is 10.3 Å². The Hall–Kier alpha value is -1.93. The molecule has 2 aromatic rings. The predicted molar refractivity (Wildman–Crippen MR) is 55.5 cm³/mol. The van der Waals surface area contributed by atoms with Gasteiger partial charge in [0, 0.05) is 16.5 Å². The molecule has 8 heteroatoms. The number of hydrogen-bond acceptors (Lipinski definition) is 6. The largest absolute Gasteiger partial charge is 0.399 e. The molecule has 84 valence electrons. The number of nitrogen functional groups attached to an aromatic ring is 1. The molecule has 0 saturated carbocycles. The van der Waals surface area contributed by atoms with E-state index in [2.05, 4.69) is 14.9 Å². The Bertz CT molecular complexity index is 606. The first-order valence-corrected chi connectivity index (χ1v) is 5.73. The predicted octanol–water partition coefficient (Wildman–Crippen LogP) is -0.0338. The topological polar surface area (TPSA) is 125 Å². The average Bonchev–Trinajstić information content (AvgIpc) is 2.68. The lowest BCUT2D eigenvalue weighted by atomic mass is 10.1. The van der Waals surface area contributed by atoms with Gasteiger partial charge in [0.15, 0.2) is 6.26 Å². The van der Waals surface area contributed by atoms with Crippen LogP contribution in [0.4, 0.5) is 5.69 Å². The van der Waals surface area contributed by atoms with Crippen LogP contribution in [0, 0.1) is 0 Å². The molecule has 0 radical (unpaired) electrons. The number of sulfonamides is 1. The fourth-order valence-electron chi connectivity index (χ4n) is 1.28. The monoisotopic (exact) mass is 240 g/mol. The summed E-state index contributed by atoms with van der Waals surface area (Å²) in [6.07, 6.45) is 1.21. The normalized spacial score (nSPS) is 11.6. The van der Waals surface area contributed by atoms with Gasteiger partial charge in [0.2, 0.25) is 10.0 Å². The van der Waals surface area contributed by atoms with Crippen LogP contribution in [0.15, 0.2) is 33.9 Å². The van der Waals surface area contributed by atoms with Gasteiger partial charge in [-0.25, -0.2) is 13.6 Å². The van der Waals surface area contributed by atoms with Crippen LogP contribution in [-0.2, 0) is 10.0 Å². The van der Waals surface area contributed by atoms with Gasteiger partial charge in [-0.05, 0) is 18.2 Å². The zero-order chi connectivity index (χ0) is 11.8. The molecule has 0 bridgehead atoms. The number of hydrogen-bond donors (Lipinski definition) is 2. The molecule has 1 heterocycles. The zero-order valence-corrected chi connectivity index (χ0v) is 8.81. The van der Waals surface area contributed by atoms with Crippen molar-refractivity contribution in [2.45, 2.75) is 4.90 Å². The van der Waals surface area contributed by atoms with E-state index in [0.717, 1.165) is 0 Å². The first kappa shape index (κ1) is 10.6. The Morgan fingerprint density at radius 2 is 2.06 bits per heavy atom. The number of aromatic nitrogens is 2. The van der Waals surface area contributed by atoms with Crippen molar-refractivity contribution in [1.29, 1.82) is 0 Å². The lowest BCUT2D eigenvalue weighted by Crippen LogP contribution is -2.13. The highest BCUT2D eigenvalue weighted by Gasteiger charge is 2.17. The molecule has 0 aliphatic heterocycles. The van der Waals surface area contributed by atoms with E-state index in [4.69, 9.17) is 10.9 Å². The van der Waals surface area contributed by atoms with Crippen LogP contribution in [0.2, 0.25) is 0 Å². The highest BCUT2D eigenvalue weighted by atomic mass is 32.2. The van der Waals surface area contributed by atoms with Crippen molar-refractivity contribution in [3.05, 3.63) is 24.5 Å². The molecule has 4 N–H and O–H groups in total. The van der Waals surface area contributed by atoms with E-state index >= 15 is 0 Å². The summed E-state index contributed by atoms with van der Waals surface area (Å²) in [6.45, 7) is 0. The number of primary sulfonamides is 1. The van der Waals surface area contributed by atoms with Gasteiger partial charge in [0.05, 0.1) is 4.90 Å². The molecule has 1 aromatic carbocycles. The van der Waals surface area contributed by atoms with Gasteiger partial charge >= 0.3 is 0 Å². The molecule has 0 aliphatic carbocycles. The highest BCUT2D eigenvalue weighted by Crippen LogP contribution is 2.26. The second-order valence-electron chi connectivity index (χ2n) is 3.09. The van der Waals surface area contributed by atoms with E-state index in [0.29, 0.717) is 5.69 Å². The standard InChI is InChI=1S/C8H8N4O3S/c9-5-1-2-8(16(10,13)14)6(3-5)7-4-15-12-11-7/h1-4H,9H2,(H2,10,13,14). The quantitative estimate of drug-likeness (QED) is 0.710. The second kappa shape index (κ2) is 3.58. The molecule has 0 atom stereocenters. The molecule has 16 heavy (non-hydrogen) atoms. The summed E-state index contributed by atoms with van der Waals surface area (Å²) < 4.78 is 27.2. The van der Waals surface area contributed by atoms with Gasteiger partial charge in [-0.15, -0.1) is 5.10 Å². The number of benzene rings is 1. The summed E-state index contributed by atoms with van der Waals surface area (Å²) >= 11 is 0. The Kier molecular flexibility index (Phi) is 2.37. The van der Waals surface area contributed by atoms with Crippen molar-refractivity contribution in [3.8, 4) is 11.3 Å². The fourth-order valence-corrected chi connectivity index (χ4v) is 2.01. The van der Waals surface area contributed by atoms with Crippen LogP contribution >= 0.6 is 0 Å². The zero-order valence-electron chi connectivity index (χ0n) is 7.99. The molecular weight excluding hydrogens is 232 g/mol. The number of nitrogens with zero attached hydrogens (tertiary/aromatic N) is 2. The Morgan fingerprint density at radius 1 is 1.31 bits per heavy atom. The van der Waals surface area contributed by atoms with E-state index in [9.17, 15) is 8.42 Å². The summed E-state index contributed by atoms with van der Waals surface area (Å²) in [7, 11) is -3.84. The van der Waals surface area contributed by atoms with Crippen molar-refractivity contribution in [2.24, 2.45) is 5.14 Å². The molecular formula is C8H8N4O3S. The van der Waals surface area contributed by atoms with E-state index in [1.165, 1.54) is 24.5 Å². The molecule has 0 aliphatic rings. The number of rotatable bonds is 2. The van der Waals surface area contributed by atoms with E-state index < -0.39 is 10.0 Å². The molecule has 2 rings (SSSR count). The Morgan fingerprint density at radius 3 is 2.62 bits per heavy atom. The Balaban J connectivity index is 2.73. The van der Waals surface area contributed by atoms with E-state index in [1.54, 1.807) is 0 Å². The molecule has 7 nitrogen and oxygen atoms in total. The first-order chi connectivity index (χ1) is 7.48. The molecule has 0 spiro atoms. The smallest absolute Gasteiger partial charge is 0.238 e. The Labute approximate surface area is 91.1 Å². The maximum absolute atomic E-state index is 11.3. The number of nitrogens with two attached hydrogens (primary N) is 2. The third-order valence-electron chi connectivity index (χ3n) is 1.95. The lowest BCUT2D eigenvalue weighted by Gasteiger charge is -2.05. The number of anilines is 1. The van der Waals surface area contributed by atoms with Crippen molar-refractivity contribution in [1.82, 2.24) is 10.4 Å². The molecule has 1 aromatic heterocycles. The van der Waals surface area contributed by atoms with Crippen LogP contribution in [0.25, 0.3) is 11.3 Å². The van der Waals surface area contributed by atoms with Crippen LogP contribution in [0.3, 0.4) is 0 Å². The SMILES string of the molecule is Nc1ccc(S(N)(=O)=O)c(-c2conn2)c1. The van der Waals surface area contributed by atoms with Crippen LogP contribution in [0.1, 0.15) is 0 Å². The fraction of sp³-hybridized carbons (Fsp3) is 0. The molecule has 0 saturated heterocycles. The average molecular weight is 240 g/mol. The van der Waals surface area contributed by atoms with Crippen molar-refractivity contribution in [3.63, 3.8) is 0 Å². The maximum atomic E-state index is 11.3. The lowest BCUT2D eigenvalue weighted by molar-refractivity contribution is 0.393. The third-order valence-corrected chi connectivity index (χ3v) is 2.92. The summed E-state index contributed by atoms with van der Waals surface area (Å²) in [4.78, 5) is -0.0719. The summed E-state index contributed by atoms with van der Waals surface area (Å²) in [5.41, 5.74) is 6.48. The van der Waals surface area contributed by atoms with Crippen LogP contribution in [0.5, 0.6) is 0 Å². The van der Waals surface area contributed by atoms with Gasteiger partial charge in [0.25, 0.3) is 0 Å². The summed E-state index contributed by atoms with van der Waals surface area (Å²) in [5.74, 6) is 0. The van der Waals surface area contributed by atoms with Gasteiger partial charge in [0.1, 0.15) is 5.69 Å². The first-order valence-electron chi connectivity index (χ1n) is 4.18. The minimum Gasteiger partial charge on any atom is -0.399 e. The van der Waals surface area contributed by atoms with Gasteiger partial charge in [-0.1, -0.05) is 0 Å². The van der Waals surface area contributed by atoms with Crippen molar-refractivity contribution in [2.75, 3.05) is 5.73 Å². The third kappa shape index (κ3) is 1.88. The maximum Gasteiger partial charge on any atom is 0.238 e. The summed E-state index contributed by atoms with van der Waals surface area (Å²) in [6, 6.07) is 4.20. The second-order valence-corrected chi connectivity index (χ2v) is 4.62. The minimum atomic E-state index is -3.84. The van der Waals surface area contributed by atoms with Gasteiger partial charge in [-0.2, -0.15) is 0 Å². The minimum absolute atomic E-state index is 0.0719. The summed E-state index contributed by atoms with van der Waals surface area (Å²) in [5, 5.41) is 11.9. The highest BCUT2D eigenvalue weighted by molar-refractivity contribution is 7.89. The molecule has 0 unspecified atom stereocenters. The van der Waals surface area contributed by atoms with Gasteiger partial charge in [-0.3, -0.25) is 0 Å². The van der Waals surface area contributed by atoms with Crippen LogP contribution in [-0.4, -0.2) is 18.8 Å². The van der Waals surface area contributed by atoms with Crippen molar-refractivity contribution < 1.29 is 12.9 Å². The van der Waals surface area contributed by atoms with Crippen LogP contribution < -0.4 is 10.9 Å². The molecule has 0 amide bonds. The molecule has 0 fully saturated rings.